The van der Waals surface area contributed by atoms with Crippen LogP contribution in [0.3, 0.4) is 0 Å². The predicted octanol–water partition coefficient (Wildman–Crippen LogP) is 4.35. The molecule has 0 aliphatic carbocycles. The van der Waals surface area contributed by atoms with Gasteiger partial charge in [-0.3, -0.25) is 9.59 Å². The van der Waals surface area contributed by atoms with Crippen LogP contribution >= 0.6 is 0 Å². The van der Waals surface area contributed by atoms with Gasteiger partial charge in [-0.25, -0.2) is 14.7 Å². The molecular weight excluding hydrogens is 467 g/mol. The van der Waals surface area contributed by atoms with Crippen molar-refractivity contribution in [1.82, 2.24) is 9.88 Å². The van der Waals surface area contributed by atoms with Crippen LogP contribution in [-0.2, 0) is 17.5 Å². The summed E-state index contributed by atoms with van der Waals surface area (Å²) < 4.78 is 44.3. The summed E-state index contributed by atoms with van der Waals surface area (Å²) in [6, 6.07) is 10.6. The summed E-state index contributed by atoms with van der Waals surface area (Å²) in [7, 11) is 0. The van der Waals surface area contributed by atoms with Crippen molar-refractivity contribution in [2.45, 2.75) is 19.6 Å². The quantitative estimate of drug-likeness (QED) is 0.538. The van der Waals surface area contributed by atoms with Crippen LogP contribution in [0.5, 0.6) is 0 Å². The first kappa shape index (κ1) is 23.8. The Balaban J connectivity index is 1.38. The molecule has 1 saturated heterocycles. The monoisotopic (exact) mass is 487 g/mol. The van der Waals surface area contributed by atoms with Gasteiger partial charge in [-0.1, -0.05) is 12.1 Å². The number of anilines is 3. The van der Waals surface area contributed by atoms with Crippen molar-refractivity contribution < 1.29 is 32.0 Å². The Hall–Kier alpha value is -4.35. The zero-order chi connectivity index (χ0) is 25.2. The number of benzene rings is 2. The fraction of sp³-hybridized carbons (Fsp3) is 0.217. The summed E-state index contributed by atoms with van der Waals surface area (Å²) in [5.74, 6) is -0.945. The molecule has 12 heteroatoms. The second-order valence-electron chi connectivity index (χ2n) is 7.77. The lowest BCUT2D eigenvalue weighted by atomic mass is 10.1. The van der Waals surface area contributed by atoms with Gasteiger partial charge in [0.15, 0.2) is 0 Å². The molecule has 0 saturated carbocycles. The topological polar surface area (TPSA) is 108 Å². The molecule has 9 nitrogen and oxygen atoms in total. The van der Waals surface area contributed by atoms with E-state index in [9.17, 15) is 27.6 Å². The number of oxazole rings is 1. The lowest BCUT2D eigenvalue weighted by molar-refractivity contribution is -0.137. The molecule has 4 rings (SSSR count). The largest absolute Gasteiger partial charge is 0.418 e. The number of hydrogen-bond acceptors (Lipinski definition) is 5. The maximum atomic E-state index is 13.0. The number of hydrogen-bond donors (Lipinski definition) is 2. The van der Waals surface area contributed by atoms with Crippen molar-refractivity contribution in [2.24, 2.45) is 0 Å². The van der Waals surface area contributed by atoms with Gasteiger partial charge < -0.3 is 20.0 Å². The number of aromatic nitrogens is 1. The Bertz CT molecular complexity index is 1260. The fourth-order valence-corrected chi connectivity index (χ4v) is 3.50. The summed E-state index contributed by atoms with van der Waals surface area (Å²) in [5, 5.41) is 5.23. The van der Waals surface area contributed by atoms with Gasteiger partial charge in [0.1, 0.15) is 0 Å². The molecule has 1 aromatic heterocycles. The smallest absolute Gasteiger partial charge is 0.416 e. The minimum absolute atomic E-state index is 0.0121. The van der Waals surface area contributed by atoms with E-state index < -0.39 is 23.7 Å². The molecule has 3 aromatic rings. The highest BCUT2D eigenvalue weighted by Gasteiger charge is 2.34. The van der Waals surface area contributed by atoms with Gasteiger partial charge in [0.25, 0.3) is 5.91 Å². The molecule has 0 bridgehead atoms. The van der Waals surface area contributed by atoms with Crippen LogP contribution in [-0.4, -0.2) is 40.8 Å². The van der Waals surface area contributed by atoms with E-state index in [4.69, 9.17) is 4.42 Å². The van der Waals surface area contributed by atoms with Crippen LogP contribution in [0.15, 0.2) is 59.1 Å². The standard InChI is InChI=1S/C23H20F3N5O4/c1-14(32)28-17-5-7-18(8-6-17)29-20(33)19-12-27-21(35-19)31-10-9-30(22(31)34)13-15-3-2-4-16(11-15)23(24,25)26/h2-8,11-12H,9-10,13H2,1H3,(H,28,32)(H,29,33). The van der Waals surface area contributed by atoms with E-state index in [0.717, 1.165) is 12.1 Å². The second-order valence-corrected chi connectivity index (χ2v) is 7.77. The first-order valence-electron chi connectivity index (χ1n) is 10.5. The van der Waals surface area contributed by atoms with Crippen molar-refractivity contribution in [2.75, 3.05) is 28.6 Å². The van der Waals surface area contributed by atoms with E-state index in [0.29, 0.717) is 16.9 Å². The van der Waals surface area contributed by atoms with Gasteiger partial charge in [-0.05, 0) is 42.0 Å². The number of rotatable bonds is 6. The molecule has 0 unspecified atom stereocenters. The molecule has 1 fully saturated rings. The molecule has 4 amide bonds. The second kappa shape index (κ2) is 9.49. The predicted molar refractivity (Wildman–Crippen MR) is 120 cm³/mol. The van der Waals surface area contributed by atoms with Crippen molar-refractivity contribution in [3.63, 3.8) is 0 Å². The third-order valence-corrected chi connectivity index (χ3v) is 5.13. The number of carbonyl (C=O) groups excluding carboxylic acids is 3. The van der Waals surface area contributed by atoms with E-state index in [1.165, 1.54) is 35.1 Å². The summed E-state index contributed by atoms with van der Waals surface area (Å²) in [6.45, 7) is 1.82. The molecule has 0 spiro atoms. The third-order valence-electron chi connectivity index (χ3n) is 5.13. The zero-order valence-electron chi connectivity index (χ0n) is 18.4. The molecule has 0 radical (unpaired) electrons. The Morgan fingerprint density at radius 1 is 1.06 bits per heavy atom. The Kier molecular flexibility index (Phi) is 6.45. The summed E-state index contributed by atoms with van der Waals surface area (Å²) in [5.41, 5.74) is 0.574. The highest BCUT2D eigenvalue weighted by molar-refractivity contribution is 6.02. The molecule has 2 N–H and O–H groups in total. The molecule has 182 valence electrons. The van der Waals surface area contributed by atoms with Gasteiger partial charge in [-0.2, -0.15) is 13.2 Å². The number of nitrogens with zero attached hydrogens (tertiary/aromatic N) is 3. The summed E-state index contributed by atoms with van der Waals surface area (Å²) >= 11 is 0. The Morgan fingerprint density at radius 2 is 1.74 bits per heavy atom. The van der Waals surface area contributed by atoms with Crippen LogP contribution in [0.2, 0.25) is 0 Å². The Labute approximate surface area is 197 Å². The van der Waals surface area contributed by atoms with Gasteiger partial charge in [-0.15, -0.1) is 0 Å². The fourth-order valence-electron chi connectivity index (χ4n) is 3.50. The van der Waals surface area contributed by atoms with Gasteiger partial charge in [0, 0.05) is 37.9 Å². The van der Waals surface area contributed by atoms with Gasteiger partial charge in [0.2, 0.25) is 11.7 Å². The highest BCUT2D eigenvalue weighted by Crippen LogP contribution is 2.30. The molecule has 2 aromatic carbocycles. The van der Waals surface area contributed by atoms with Crippen molar-refractivity contribution in [3.8, 4) is 0 Å². The number of urea groups is 1. The van der Waals surface area contributed by atoms with Crippen molar-refractivity contribution in [1.29, 1.82) is 0 Å². The lowest BCUT2D eigenvalue weighted by Gasteiger charge is -2.17. The molecular formula is C23H20F3N5O4. The van der Waals surface area contributed by atoms with Crippen molar-refractivity contribution >= 4 is 35.2 Å². The molecule has 0 atom stereocenters. The van der Waals surface area contributed by atoms with Crippen molar-refractivity contribution in [3.05, 3.63) is 71.6 Å². The zero-order valence-corrected chi connectivity index (χ0v) is 18.4. The van der Waals surface area contributed by atoms with Crippen LogP contribution in [0.1, 0.15) is 28.6 Å². The number of alkyl halides is 3. The first-order chi connectivity index (χ1) is 16.6. The normalized spacial score (nSPS) is 13.8. The number of nitrogens with one attached hydrogen (secondary N) is 2. The average Bonchev–Trinajstić information content (AvgIpc) is 3.42. The highest BCUT2D eigenvalue weighted by atomic mass is 19.4. The SMILES string of the molecule is CC(=O)Nc1ccc(NC(=O)c2cnc(N3CCN(Cc4cccc(C(F)(F)F)c4)C3=O)o2)cc1. The average molecular weight is 487 g/mol. The molecule has 1 aliphatic rings. The van der Waals surface area contributed by atoms with Crippen LogP contribution < -0.4 is 15.5 Å². The summed E-state index contributed by atoms with van der Waals surface area (Å²) in [4.78, 5) is 42.9. The maximum Gasteiger partial charge on any atom is 0.416 e. The van der Waals surface area contributed by atoms with E-state index >= 15 is 0 Å². The van der Waals surface area contributed by atoms with Crippen LogP contribution in [0.25, 0.3) is 0 Å². The number of halogens is 3. The summed E-state index contributed by atoms with van der Waals surface area (Å²) in [6.07, 6.45) is -3.29. The number of amides is 4. The molecule has 2 heterocycles. The van der Waals surface area contributed by atoms with E-state index in [2.05, 4.69) is 15.6 Å². The number of carbonyl (C=O) groups is 3. The van der Waals surface area contributed by atoms with E-state index in [-0.39, 0.29) is 37.3 Å². The first-order valence-corrected chi connectivity index (χ1v) is 10.5. The molecule has 1 aliphatic heterocycles. The molecule has 35 heavy (non-hydrogen) atoms. The van der Waals surface area contributed by atoms with Gasteiger partial charge in [0.05, 0.1) is 11.8 Å². The maximum absolute atomic E-state index is 13.0. The lowest BCUT2D eigenvalue weighted by Crippen LogP contribution is -2.31. The minimum atomic E-state index is -4.47. The van der Waals surface area contributed by atoms with Crippen LogP contribution in [0.4, 0.5) is 35.4 Å². The van der Waals surface area contributed by atoms with E-state index in [1.807, 2.05) is 0 Å². The minimum Gasteiger partial charge on any atom is -0.418 e. The van der Waals surface area contributed by atoms with E-state index in [1.54, 1.807) is 24.3 Å². The van der Waals surface area contributed by atoms with Crippen LogP contribution in [0, 0.1) is 0 Å². The Morgan fingerprint density at radius 3 is 2.40 bits per heavy atom. The van der Waals surface area contributed by atoms with Gasteiger partial charge >= 0.3 is 18.2 Å². The third kappa shape index (κ3) is 5.60.